The van der Waals surface area contributed by atoms with Gasteiger partial charge in [-0.05, 0) is 25.2 Å². The Kier molecular flexibility index (Phi) is 3.38. The van der Waals surface area contributed by atoms with E-state index in [0.717, 1.165) is 50.7 Å². The van der Waals surface area contributed by atoms with Crippen molar-refractivity contribution in [2.45, 2.75) is 0 Å². The van der Waals surface area contributed by atoms with Crippen molar-refractivity contribution in [2.75, 3.05) is 51.2 Å². The van der Waals surface area contributed by atoms with Crippen LogP contribution in [0.3, 0.4) is 0 Å². The maximum atomic E-state index is 14.2. The summed E-state index contributed by atoms with van der Waals surface area (Å²) in [6.45, 7) is 5.34. The second-order valence-electron chi connectivity index (χ2n) is 5.11. The van der Waals surface area contributed by atoms with E-state index in [1.807, 2.05) is 12.1 Å². The molecule has 4 nitrogen and oxygen atoms in total. The van der Waals surface area contributed by atoms with Crippen LogP contribution < -0.4 is 10.2 Å². The fourth-order valence-corrected chi connectivity index (χ4v) is 2.55. The number of amidine groups is 1. The molecule has 1 N–H and O–H groups in total. The number of hydrogen-bond acceptors (Lipinski definition) is 4. The van der Waals surface area contributed by atoms with Gasteiger partial charge in [-0.15, -0.1) is 0 Å². The Hall–Kier alpha value is -1.62. The van der Waals surface area contributed by atoms with Gasteiger partial charge >= 0.3 is 0 Å². The smallest absolute Gasteiger partial charge is 0.147 e. The van der Waals surface area contributed by atoms with Crippen LogP contribution in [0, 0.1) is 5.82 Å². The predicted octanol–water partition coefficient (Wildman–Crippen LogP) is 0.927. The van der Waals surface area contributed by atoms with E-state index < -0.39 is 0 Å². The average molecular weight is 262 g/mol. The van der Waals surface area contributed by atoms with Crippen LogP contribution in [0.25, 0.3) is 0 Å². The summed E-state index contributed by atoms with van der Waals surface area (Å²) in [6, 6.07) is 5.41. The number of aliphatic imine (C=N–C) groups is 1. The van der Waals surface area contributed by atoms with Gasteiger partial charge in [-0.3, -0.25) is 4.99 Å². The number of rotatable bonds is 2. The molecule has 0 amide bonds. The Labute approximate surface area is 112 Å². The van der Waals surface area contributed by atoms with E-state index in [1.165, 1.54) is 0 Å². The van der Waals surface area contributed by atoms with Gasteiger partial charge in [0.25, 0.3) is 0 Å². The molecule has 0 aromatic heterocycles. The maximum absolute atomic E-state index is 14.2. The highest BCUT2D eigenvalue weighted by Gasteiger charge is 2.18. The zero-order valence-corrected chi connectivity index (χ0v) is 11.2. The Morgan fingerprint density at radius 1 is 1.21 bits per heavy atom. The first-order valence-corrected chi connectivity index (χ1v) is 6.76. The number of likely N-dealkylation sites (N-methyl/N-ethyl adjacent to an activating group) is 1. The van der Waals surface area contributed by atoms with Gasteiger partial charge in [0.05, 0.1) is 12.2 Å². The third kappa shape index (κ3) is 2.56. The molecule has 5 heteroatoms. The minimum Gasteiger partial charge on any atom is -0.368 e. The summed E-state index contributed by atoms with van der Waals surface area (Å²) in [4.78, 5) is 8.70. The molecule has 3 rings (SSSR count). The quantitative estimate of drug-likeness (QED) is 0.860. The zero-order valence-electron chi connectivity index (χ0n) is 11.2. The average Bonchev–Trinajstić information content (AvgIpc) is 2.94. The summed E-state index contributed by atoms with van der Waals surface area (Å²) in [5.41, 5.74) is 1.54. The molecule has 1 aromatic carbocycles. The molecule has 0 saturated carbocycles. The maximum Gasteiger partial charge on any atom is 0.147 e. The molecular weight excluding hydrogens is 243 g/mol. The molecule has 2 aliphatic rings. The zero-order chi connectivity index (χ0) is 13.2. The van der Waals surface area contributed by atoms with E-state index in [4.69, 9.17) is 0 Å². The lowest BCUT2D eigenvalue weighted by atomic mass is 10.1. The standard InChI is InChI=1S/C14H19FN4/c1-18-6-8-19(9-7-18)13-3-2-11(10-12(13)15)14-16-4-5-17-14/h2-3,10H,4-9H2,1H3,(H,16,17). The van der Waals surface area contributed by atoms with Crippen LogP contribution in [0.2, 0.25) is 0 Å². The van der Waals surface area contributed by atoms with E-state index in [1.54, 1.807) is 6.07 Å². The molecule has 0 radical (unpaired) electrons. The minimum atomic E-state index is -0.154. The summed E-state index contributed by atoms with van der Waals surface area (Å²) >= 11 is 0. The molecular formula is C14H19FN4. The lowest BCUT2D eigenvalue weighted by Gasteiger charge is -2.34. The van der Waals surface area contributed by atoms with Crippen LogP contribution in [-0.2, 0) is 0 Å². The van der Waals surface area contributed by atoms with Crippen molar-refractivity contribution in [3.05, 3.63) is 29.6 Å². The third-order valence-corrected chi connectivity index (χ3v) is 3.74. The molecule has 19 heavy (non-hydrogen) atoms. The molecule has 0 atom stereocenters. The number of nitrogens with zero attached hydrogens (tertiary/aromatic N) is 3. The number of hydrogen-bond donors (Lipinski definition) is 1. The van der Waals surface area contributed by atoms with Crippen LogP contribution in [0.1, 0.15) is 5.56 Å². The van der Waals surface area contributed by atoms with Gasteiger partial charge < -0.3 is 15.1 Å². The van der Waals surface area contributed by atoms with Crippen molar-refractivity contribution in [3.63, 3.8) is 0 Å². The van der Waals surface area contributed by atoms with E-state index in [2.05, 4.69) is 27.2 Å². The van der Waals surface area contributed by atoms with Gasteiger partial charge in [-0.1, -0.05) is 0 Å². The third-order valence-electron chi connectivity index (χ3n) is 3.74. The van der Waals surface area contributed by atoms with Crippen LogP contribution in [0.15, 0.2) is 23.2 Å². The predicted molar refractivity (Wildman–Crippen MR) is 75.5 cm³/mol. The van der Waals surface area contributed by atoms with Gasteiger partial charge in [0.15, 0.2) is 0 Å². The van der Waals surface area contributed by atoms with Gasteiger partial charge in [-0.25, -0.2) is 4.39 Å². The molecule has 1 saturated heterocycles. The first-order chi connectivity index (χ1) is 9.24. The molecule has 102 valence electrons. The topological polar surface area (TPSA) is 30.9 Å². The van der Waals surface area contributed by atoms with Crippen molar-refractivity contribution in [1.29, 1.82) is 0 Å². The monoisotopic (exact) mass is 262 g/mol. The lowest BCUT2D eigenvalue weighted by molar-refractivity contribution is 0.311. The molecule has 0 aliphatic carbocycles. The minimum absolute atomic E-state index is 0.154. The number of nitrogens with one attached hydrogen (secondary N) is 1. The Balaban J connectivity index is 1.79. The van der Waals surface area contributed by atoms with Crippen molar-refractivity contribution in [1.82, 2.24) is 10.2 Å². The SMILES string of the molecule is CN1CCN(c2ccc(C3=NCCN3)cc2F)CC1. The highest BCUT2D eigenvalue weighted by atomic mass is 19.1. The summed E-state index contributed by atoms with van der Waals surface area (Å²) in [5, 5.41) is 3.17. The van der Waals surface area contributed by atoms with E-state index in [9.17, 15) is 4.39 Å². The van der Waals surface area contributed by atoms with Crippen molar-refractivity contribution in [3.8, 4) is 0 Å². The second kappa shape index (κ2) is 5.17. The number of piperazine rings is 1. The van der Waals surface area contributed by atoms with Crippen molar-refractivity contribution < 1.29 is 4.39 Å². The van der Waals surface area contributed by atoms with Gasteiger partial charge in [0.2, 0.25) is 0 Å². The molecule has 0 spiro atoms. The Morgan fingerprint density at radius 3 is 2.63 bits per heavy atom. The second-order valence-corrected chi connectivity index (χ2v) is 5.11. The van der Waals surface area contributed by atoms with Gasteiger partial charge in [-0.2, -0.15) is 0 Å². The Bertz CT molecular complexity index is 492. The summed E-state index contributed by atoms with van der Waals surface area (Å²) in [7, 11) is 2.10. The fourth-order valence-electron chi connectivity index (χ4n) is 2.55. The first-order valence-electron chi connectivity index (χ1n) is 6.76. The normalized spacial score (nSPS) is 20.3. The summed E-state index contributed by atoms with van der Waals surface area (Å²) in [6.07, 6.45) is 0. The molecule has 2 heterocycles. The first kappa shape index (κ1) is 12.4. The van der Waals surface area contributed by atoms with Crippen molar-refractivity contribution >= 4 is 11.5 Å². The van der Waals surface area contributed by atoms with Crippen LogP contribution >= 0.6 is 0 Å². The fraction of sp³-hybridized carbons (Fsp3) is 0.500. The van der Waals surface area contributed by atoms with Crippen LogP contribution in [0.5, 0.6) is 0 Å². The number of anilines is 1. The number of benzene rings is 1. The van der Waals surface area contributed by atoms with Gasteiger partial charge in [0, 0.05) is 38.3 Å². The molecule has 2 aliphatic heterocycles. The van der Waals surface area contributed by atoms with Gasteiger partial charge in [0.1, 0.15) is 11.7 Å². The van der Waals surface area contributed by atoms with E-state index in [-0.39, 0.29) is 5.82 Å². The molecule has 1 fully saturated rings. The Morgan fingerprint density at radius 2 is 2.00 bits per heavy atom. The van der Waals surface area contributed by atoms with E-state index in [0.29, 0.717) is 5.69 Å². The van der Waals surface area contributed by atoms with E-state index >= 15 is 0 Å². The van der Waals surface area contributed by atoms with Crippen molar-refractivity contribution in [2.24, 2.45) is 4.99 Å². The highest BCUT2D eigenvalue weighted by Crippen LogP contribution is 2.22. The lowest BCUT2D eigenvalue weighted by Crippen LogP contribution is -2.44. The van der Waals surface area contributed by atoms with Crippen LogP contribution in [0.4, 0.5) is 10.1 Å². The number of halogens is 1. The molecule has 1 aromatic rings. The molecule has 0 bridgehead atoms. The summed E-state index contributed by atoms with van der Waals surface area (Å²) in [5.74, 6) is 0.655. The largest absolute Gasteiger partial charge is 0.368 e. The summed E-state index contributed by atoms with van der Waals surface area (Å²) < 4.78 is 14.2. The van der Waals surface area contributed by atoms with Crippen LogP contribution in [-0.4, -0.2) is 57.1 Å². The molecule has 0 unspecified atom stereocenters. The highest BCUT2D eigenvalue weighted by molar-refractivity contribution is 6.00.